The SMILES string of the molecule is O=C1N/C(=C/c2ccc(OCc3ccc(Cl)cc3)c(Br)c2)C(=O)N1c1ccccc1. The van der Waals surface area contributed by atoms with Crippen molar-refractivity contribution in [1.82, 2.24) is 5.32 Å². The highest BCUT2D eigenvalue weighted by Gasteiger charge is 2.34. The van der Waals surface area contributed by atoms with Gasteiger partial charge in [0.05, 0.1) is 10.2 Å². The topological polar surface area (TPSA) is 58.6 Å². The number of imide groups is 1. The number of hydrogen-bond donors (Lipinski definition) is 1. The van der Waals surface area contributed by atoms with Gasteiger partial charge in [0.15, 0.2) is 0 Å². The standard InChI is InChI=1S/C23H16BrClN2O3/c24-19-12-16(8-11-21(19)30-14-15-6-9-17(25)10-7-15)13-20-22(28)27(23(29)26-20)18-4-2-1-3-5-18/h1-13H,14H2,(H,26,29)/b20-13+. The van der Waals surface area contributed by atoms with Gasteiger partial charge < -0.3 is 10.1 Å². The minimum atomic E-state index is -0.473. The van der Waals surface area contributed by atoms with Crippen molar-refractivity contribution in [3.05, 3.63) is 99.1 Å². The smallest absolute Gasteiger partial charge is 0.333 e. The Bertz CT molecular complexity index is 1130. The number of hydrogen-bond acceptors (Lipinski definition) is 3. The maximum Gasteiger partial charge on any atom is 0.333 e. The molecule has 5 nitrogen and oxygen atoms in total. The minimum Gasteiger partial charge on any atom is -0.488 e. The predicted octanol–water partition coefficient (Wildman–Crippen LogP) is 5.78. The van der Waals surface area contributed by atoms with Crippen molar-refractivity contribution < 1.29 is 14.3 Å². The number of carbonyl (C=O) groups excluding carboxylic acids is 2. The molecule has 0 aliphatic carbocycles. The zero-order valence-electron chi connectivity index (χ0n) is 15.6. The summed E-state index contributed by atoms with van der Waals surface area (Å²) >= 11 is 9.40. The Balaban J connectivity index is 1.49. The van der Waals surface area contributed by atoms with E-state index >= 15 is 0 Å². The molecule has 0 unspecified atom stereocenters. The fraction of sp³-hybridized carbons (Fsp3) is 0.0435. The van der Waals surface area contributed by atoms with Crippen LogP contribution in [0.25, 0.3) is 6.08 Å². The number of carbonyl (C=O) groups is 2. The summed E-state index contributed by atoms with van der Waals surface area (Å²) in [5.74, 6) is 0.269. The van der Waals surface area contributed by atoms with Gasteiger partial charge in [-0.1, -0.05) is 48.0 Å². The van der Waals surface area contributed by atoms with E-state index in [1.807, 2.05) is 48.5 Å². The normalized spacial score (nSPS) is 14.9. The number of nitrogens with one attached hydrogen (secondary N) is 1. The van der Waals surface area contributed by atoms with E-state index in [1.165, 1.54) is 0 Å². The van der Waals surface area contributed by atoms with Crippen LogP contribution in [0.2, 0.25) is 5.02 Å². The van der Waals surface area contributed by atoms with Crippen molar-refractivity contribution in [2.45, 2.75) is 6.61 Å². The zero-order chi connectivity index (χ0) is 21.1. The monoisotopic (exact) mass is 482 g/mol. The molecule has 1 saturated heterocycles. The van der Waals surface area contributed by atoms with Gasteiger partial charge in [-0.25, -0.2) is 9.69 Å². The van der Waals surface area contributed by atoms with E-state index < -0.39 is 11.9 Å². The first-order valence-corrected chi connectivity index (χ1v) is 10.3. The maximum absolute atomic E-state index is 12.7. The number of amides is 3. The number of para-hydroxylation sites is 1. The molecule has 0 bridgehead atoms. The molecule has 150 valence electrons. The molecular formula is C23H16BrClN2O3. The molecule has 30 heavy (non-hydrogen) atoms. The average Bonchev–Trinajstić information content (AvgIpc) is 3.02. The van der Waals surface area contributed by atoms with Gasteiger partial charge in [0, 0.05) is 5.02 Å². The quantitative estimate of drug-likeness (QED) is 0.370. The largest absolute Gasteiger partial charge is 0.488 e. The molecule has 0 aromatic heterocycles. The van der Waals surface area contributed by atoms with Gasteiger partial charge in [0.1, 0.15) is 18.1 Å². The fourth-order valence-corrected chi connectivity index (χ4v) is 3.62. The molecule has 1 N–H and O–H groups in total. The summed E-state index contributed by atoms with van der Waals surface area (Å²) in [6.07, 6.45) is 1.64. The Kier molecular flexibility index (Phi) is 5.88. The number of anilines is 1. The molecule has 1 heterocycles. The Morgan fingerprint density at radius 3 is 2.43 bits per heavy atom. The number of urea groups is 1. The van der Waals surface area contributed by atoms with Crippen molar-refractivity contribution >= 4 is 51.2 Å². The highest BCUT2D eigenvalue weighted by molar-refractivity contribution is 9.10. The lowest BCUT2D eigenvalue weighted by Crippen LogP contribution is -2.30. The Hall–Kier alpha value is -3.09. The first-order chi connectivity index (χ1) is 14.5. The Labute approximate surface area is 187 Å². The molecule has 0 spiro atoms. The number of nitrogens with zero attached hydrogens (tertiary/aromatic N) is 1. The van der Waals surface area contributed by atoms with Crippen LogP contribution in [-0.4, -0.2) is 11.9 Å². The third-order valence-electron chi connectivity index (χ3n) is 4.47. The molecule has 0 atom stereocenters. The van der Waals surface area contributed by atoms with Crippen molar-refractivity contribution in [3.63, 3.8) is 0 Å². The second kappa shape index (κ2) is 8.73. The second-order valence-electron chi connectivity index (χ2n) is 6.57. The van der Waals surface area contributed by atoms with E-state index in [2.05, 4.69) is 21.2 Å². The average molecular weight is 484 g/mol. The molecule has 7 heteroatoms. The molecule has 1 fully saturated rings. The highest BCUT2D eigenvalue weighted by Crippen LogP contribution is 2.29. The van der Waals surface area contributed by atoms with E-state index in [4.69, 9.17) is 16.3 Å². The lowest BCUT2D eigenvalue weighted by atomic mass is 10.1. The summed E-state index contributed by atoms with van der Waals surface area (Å²) in [6, 6.07) is 21.2. The molecule has 3 amide bonds. The van der Waals surface area contributed by atoms with Crippen LogP contribution in [0.4, 0.5) is 10.5 Å². The van der Waals surface area contributed by atoms with Crippen molar-refractivity contribution in [2.24, 2.45) is 0 Å². The predicted molar refractivity (Wildman–Crippen MR) is 120 cm³/mol. The molecule has 4 rings (SSSR count). The van der Waals surface area contributed by atoms with Crippen LogP contribution in [-0.2, 0) is 11.4 Å². The van der Waals surface area contributed by atoms with E-state index in [-0.39, 0.29) is 5.70 Å². The highest BCUT2D eigenvalue weighted by atomic mass is 79.9. The van der Waals surface area contributed by atoms with Gasteiger partial charge in [-0.3, -0.25) is 4.79 Å². The van der Waals surface area contributed by atoms with Crippen molar-refractivity contribution in [2.75, 3.05) is 4.90 Å². The first-order valence-electron chi connectivity index (χ1n) is 9.10. The van der Waals surface area contributed by atoms with Crippen molar-refractivity contribution in [3.8, 4) is 5.75 Å². The number of rotatable bonds is 5. The molecule has 0 radical (unpaired) electrons. The molecule has 0 saturated carbocycles. The summed E-state index contributed by atoms with van der Waals surface area (Å²) in [5.41, 5.74) is 2.48. The fourth-order valence-electron chi connectivity index (χ4n) is 2.98. The van der Waals surface area contributed by atoms with E-state index in [1.54, 1.807) is 30.3 Å². The number of benzene rings is 3. The van der Waals surface area contributed by atoms with Gasteiger partial charge in [-0.2, -0.15) is 0 Å². The summed E-state index contributed by atoms with van der Waals surface area (Å²) < 4.78 is 6.58. The van der Waals surface area contributed by atoms with E-state index in [0.29, 0.717) is 23.1 Å². The van der Waals surface area contributed by atoms with Gasteiger partial charge in [-0.15, -0.1) is 0 Å². The maximum atomic E-state index is 12.7. The molecule has 3 aromatic carbocycles. The summed E-state index contributed by atoms with van der Waals surface area (Å²) in [7, 11) is 0. The van der Waals surface area contributed by atoms with Crippen LogP contribution >= 0.6 is 27.5 Å². The third-order valence-corrected chi connectivity index (χ3v) is 5.34. The molecular weight excluding hydrogens is 468 g/mol. The molecule has 1 aliphatic rings. The van der Waals surface area contributed by atoms with Crippen LogP contribution < -0.4 is 15.0 Å². The summed E-state index contributed by atoms with van der Waals surface area (Å²) in [4.78, 5) is 26.1. The molecule has 1 aliphatic heterocycles. The van der Waals surface area contributed by atoms with Crippen LogP contribution in [0.15, 0.2) is 83.0 Å². The van der Waals surface area contributed by atoms with Crippen LogP contribution in [0.5, 0.6) is 5.75 Å². The van der Waals surface area contributed by atoms with E-state index in [9.17, 15) is 9.59 Å². The van der Waals surface area contributed by atoms with E-state index in [0.717, 1.165) is 20.5 Å². The van der Waals surface area contributed by atoms with Crippen LogP contribution in [0, 0.1) is 0 Å². The first kappa shape index (κ1) is 20.2. The minimum absolute atomic E-state index is 0.214. The Morgan fingerprint density at radius 1 is 1.00 bits per heavy atom. The summed E-state index contributed by atoms with van der Waals surface area (Å²) in [6.45, 7) is 0.400. The second-order valence-corrected chi connectivity index (χ2v) is 7.86. The molecule has 3 aromatic rings. The number of ether oxygens (including phenoxy) is 1. The lowest BCUT2D eigenvalue weighted by Gasteiger charge is -2.11. The van der Waals surface area contributed by atoms with Gasteiger partial charge in [-0.05, 0) is 69.5 Å². The Morgan fingerprint density at radius 2 is 1.73 bits per heavy atom. The van der Waals surface area contributed by atoms with Crippen LogP contribution in [0.1, 0.15) is 11.1 Å². The zero-order valence-corrected chi connectivity index (χ0v) is 18.0. The van der Waals surface area contributed by atoms with Crippen molar-refractivity contribution in [1.29, 1.82) is 0 Å². The number of halogens is 2. The third kappa shape index (κ3) is 4.40. The van der Waals surface area contributed by atoms with Crippen LogP contribution in [0.3, 0.4) is 0 Å². The van der Waals surface area contributed by atoms with Gasteiger partial charge in [0.2, 0.25) is 0 Å². The van der Waals surface area contributed by atoms with Gasteiger partial charge in [0.25, 0.3) is 5.91 Å². The summed E-state index contributed by atoms with van der Waals surface area (Å²) in [5, 5.41) is 3.30. The lowest BCUT2D eigenvalue weighted by molar-refractivity contribution is -0.113. The van der Waals surface area contributed by atoms with Gasteiger partial charge >= 0.3 is 6.03 Å².